The molecule has 0 N–H and O–H groups in total. The molecule has 1 fully saturated rings. The van der Waals surface area contributed by atoms with Crippen molar-refractivity contribution >= 4 is 5.78 Å². The highest BCUT2D eigenvalue weighted by molar-refractivity contribution is 5.91. The highest BCUT2D eigenvalue weighted by atomic mass is 16.6. The van der Waals surface area contributed by atoms with Gasteiger partial charge in [-0.1, -0.05) is 42.0 Å². The van der Waals surface area contributed by atoms with Crippen molar-refractivity contribution < 1.29 is 9.53 Å². The lowest BCUT2D eigenvalue weighted by molar-refractivity contribution is -0.115. The van der Waals surface area contributed by atoms with Gasteiger partial charge in [-0.25, -0.2) is 0 Å². The van der Waals surface area contributed by atoms with Crippen LogP contribution in [0.15, 0.2) is 48.1 Å². The quantitative estimate of drug-likeness (QED) is 0.237. The van der Waals surface area contributed by atoms with Crippen molar-refractivity contribution in [1.82, 2.24) is 0 Å². The van der Waals surface area contributed by atoms with Gasteiger partial charge in [-0.3, -0.25) is 4.79 Å². The van der Waals surface area contributed by atoms with Crippen LogP contribution in [0.1, 0.15) is 59.8 Å². The Morgan fingerprint density at radius 3 is 2.55 bits per heavy atom. The Bertz CT molecular complexity index is 492. The van der Waals surface area contributed by atoms with Crippen molar-refractivity contribution in [3.63, 3.8) is 0 Å². The lowest BCUT2D eigenvalue weighted by Crippen LogP contribution is -2.15. The summed E-state index contributed by atoms with van der Waals surface area (Å²) in [6.45, 7) is 15.7. The van der Waals surface area contributed by atoms with Gasteiger partial charge < -0.3 is 4.74 Å². The number of allylic oxidation sites excluding steroid dienone is 6. The Morgan fingerprint density at radius 2 is 1.95 bits per heavy atom. The minimum absolute atomic E-state index is 0.167. The standard InChI is InChI=1S/C20H30O2/c1-7-16(4)9-8-10-17(5)11-12-19-20(6,22-19)14-18(21)13-15(2)3/h7,10,13,19H,1,4,8-9,11-12,14H2,2-3,5-6H3/b17-10+/t19-,20-/m1/s1. The Labute approximate surface area is 135 Å². The predicted molar refractivity (Wildman–Crippen MR) is 93.9 cm³/mol. The van der Waals surface area contributed by atoms with E-state index in [-0.39, 0.29) is 17.5 Å². The number of ether oxygens (including phenoxy) is 1. The average molecular weight is 302 g/mol. The first-order chi connectivity index (χ1) is 10.3. The molecular formula is C20H30O2. The number of hydrogen-bond acceptors (Lipinski definition) is 2. The van der Waals surface area contributed by atoms with E-state index in [0.717, 1.165) is 36.8 Å². The van der Waals surface area contributed by atoms with Crippen molar-refractivity contribution in [3.05, 3.63) is 48.1 Å². The monoisotopic (exact) mass is 302 g/mol. The van der Waals surface area contributed by atoms with E-state index in [2.05, 4.69) is 26.2 Å². The third kappa shape index (κ3) is 6.57. The van der Waals surface area contributed by atoms with Crippen LogP contribution in [0.2, 0.25) is 0 Å². The topological polar surface area (TPSA) is 29.6 Å². The highest BCUT2D eigenvalue weighted by Gasteiger charge is 2.52. The molecule has 2 atom stereocenters. The first-order valence-electron chi connectivity index (χ1n) is 8.08. The van der Waals surface area contributed by atoms with Crippen LogP contribution >= 0.6 is 0 Å². The maximum Gasteiger partial charge on any atom is 0.158 e. The number of hydrogen-bond donors (Lipinski definition) is 0. The predicted octanol–water partition coefficient (Wildman–Crippen LogP) is 5.32. The second kappa shape index (κ2) is 8.28. The zero-order valence-corrected chi connectivity index (χ0v) is 14.6. The molecule has 0 saturated carbocycles. The first kappa shape index (κ1) is 18.6. The average Bonchev–Trinajstić information content (AvgIpc) is 3.04. The minimum atomic E-state index is -0.250. The van der Waals surface area contributed by atoms with Gasteiger partial charge in [0.2, 0.25) is 0 Å². The zero-order chi connectivity index (χ0) is 16.8. The van der Waals surface area contributed by atoms with Crippen LogP contribution < -0.4 is 0 Å². The molecule has 2 heteroatoms. The maximum atomic E-state index is 11.8. The normalized spacial score (nSPS) is 23.8. The van der Waals surface area contributed by atoms with E-state index in [1.54, 1.807) is 6.08 Å². The fourth-order valence-electron chi connectivity index (χ4n) is 2.60. The van der Waals surface area contributed by atoms with Gasteiger partial charge in [-0.05, 0) is 59.5 Å². The van der Waals surface area contributed by atoms with Crippen LogP contribution in [-0.4, -0.2) is 17.5 Å². The van der Waals surface area contributed by atoms with Crippen LogP contribution in [0.5, 0.6) is 0 Å². The second-order valence-electron chi connectivity index (χ2n) is 6.77. The zero-order valence-electron chi connectivity index (χ0n) is 14.6. The Balaban J connectivity index is 2.30. The maximum absolute atomic E-state index is 11.8. The molecule has 1 rings (SSSR count). The lowest BCUT2D eigenvalue weighted by Gasteiger charge is -2.04. The molecule has 0 unspecified atom stereocenters. The van der Waals surface area contributed by atoms with Crippen molar-refractivity contribution in [1.29, 1.82) is 0 Å². The van der Waals surface area contributed by atoms with Crippen LogP contribution in [0, 0.1) is 0 Å². The third-order valence-corrected chi connectivity index (χ3v) is 4.06. The molecule has 0 aromatic heterocycles. The van der Waals surface area contributed by atoms with Crippen LogP contribution in [0.3, 0.4) is 0 Å². The fraction of sp³-hybridized carbons (Fsp3) is 0.550. The van der Waals surface area contributed by atoms with Gasteiger partial charge in [-0.15, -0.1) is 0 Å². The van der Waals surface area contributed by atoms with Gasteiger partial charge in [-0.2, -0.15) is 0 Å². The number of carbonyl (C=O) groups is 1. The molecule has 2 nitrogen and oxygen atoms in total. The molecule has 0 bridgehead atoms. The molecule has 1 saturated heterocycles. The summed E-state index contributed by atoms with van der Waals surface area (Å²) in [5.74, 6) is 0.167. The van der Waals surface area contributed by atoms with Crippen molar-refractivity contribution in [3.8, 4) is 0 Å². The van der Waals surface area contributed by atoms with E-state index in [4.69, 9.17) is 4.74 Å². The number of rotatable bonds is 10. The van der Waals surface area contributed by atoms with Crippen LogP contribution in [0.25, 0.3) is 0 Å². The summed E-state index contributed by atoms with van der Waals surface area (Å²) >= 11 is 0. The Hall–Kier alpha value is -1.41. The van der Waals surface area contributed by atoms with Crippen molar-refractivity contribution in [2.45, 2.75) is 71.5 Å². The van der Waals surface area contributed by atoms with E-state index in [0.29, 0.717) is 6.42 Å². The SMILES string of the molecule is C=CC(=C)CC/C=C(\C)CC[C@H]1O[C@]1(C)CC(=O)C=C(C)C. The molecule has 0 aromatic carbocycles. The molecule has 0 aromatic rings. The Morgan fingerprint density at radius 1 is 1.27 bits per heavy atom. The second-order valence-corrected chi connectivity index (χ2v) is 6.77. The third-order valence-electron chi connectivity index (χ3n) is 4.06. The summed E-state index contributed by atoms with van der Waals surface area (Å²) < 4.78 is 5.76. The summed E-state index contributed by atoms with van der Waals surface area (Å²) in [7, 11) is 0. The largest absolute Gasteiger partial charge is 0.366 e. The molecule has 1 aliphatic heterocycles. The summed E-state index contributed by atoms with van der Waals surface area (Å²) in [6, 6.07) is 0. The fourth-order valence-corrected chi connectivity index (χ4v) is 2.60. The van der Waals surface area contributed by atoms with Crippen molar-refractivity contribution in [2.24, 2.45) is 0 Å². The van der Waals surface area contributed by atoms with Crippen LogP contribution in [-0.2, 0) is 9.53 Å². The molecule has 1 heterocycles. The van der Waals surface area contributed by atoms with Crippen molar-refractivity contribution in [2.75, 3.05) is 0 Å². The summed E-state index contributed by atoms with van der Waals surface area (Å²) in [6.07, 6.45) is 10.5. The van der Waals surface area contributed by atoms with E-state index in [9.17, 15) is 4.79 Å². The Kier molecular flexibility index (Phi) is 7.02. The van der Waals surface area contributed by atoms with E-state index < -0.39 is 0 Å². The van der Waals surface area contributed by atoms with E-state index >= 15 is 0 Å². The minimum Gasteiger partial charge on any atom is -0.366 e. The van der Waals surface area contributed by atoms with Gasteiger partial charge in [0, 0.05) is 6.42 Å². The molecule has 0 amide bonds. The summed E-state index contributed by atoms with van der Waals surface area (Å²) in [5, 5.41) is 0. The van der Waals surface area contributed by atoms with E-state index in [1.807, 2.05) is 26.8 Å². The molecule has 0 aliphatic carbocycles. The van der Waals surface area contributed by atoms with Gasteiger partial charge in [0.25, 0.3) is 0 Å². The molecule has 122 valence electrons. The molecular weight excluding hydrogens is 272 g/mol. The van der Waals surface area contributed by atoms with E-state index in [1.165, 1.54) is 5.57 Å². The highest BCUT2D eigenvalue weighted by Crippen LogP contribution is 2.42. The smallest absolute Gasteiger partial charge is 0.158 e. The number of carbonyl (C=O) groups excluding carboxylic acids is 1. The van der Waals surface area contributed by atoms with Gasteiger partial charge >= 0.3 is 0 Å². The molecule has 1 aliphatic rings. The number of ketones is 1. The molecule has 22 heavy (non-hydrogen) atoms. The number of epoxide rings is 1. The first-order valence-corrected chi connectivity index (χ1v) is 8.08. The molecule has 0 spiro atoms. The van der Waals surface area contributed by atoms with Crippen LogP contribution in [0.4, 0.5) is 0 Å². The van der Waals surface area contributed by atoms with Gasteiger partial charge in [0.15, 0.2) is 5.78 Å². The molecule has 0 radical (unpaired) electrons. The lowest BCUT2D eigenvalue weighted by atomic mass is 9.95. The summed E-state index contributed by atoms with van der Waals surface area (Å²) in [5.41, 5.74) is 3.26. The van der Waals surface area contributed by atoms with Gasteiger partial charge in [0.1, 0.15) is 0 Å². The van der Waals surface area contributed by atoms with Gasteiger partial charge in [0.05, 0.1) is 11.7 Å². The summed E-state index contributed by atoms with van der Waals surface area (Å²) in [4.78, 5) is 11.8.